The summed E-state index contributed by atoms with van der Waals surface area (Å²) in [6.45, 7) is 4.11. The molecule has 0 radical (unpaired) electrons. The van der Waals surface area contributed by atoms with Crippen molar-refractivity contribution in [2.75, 3.05) is 26.2 Å². The normalized spacial score (nSPS) is 15.8. The van der Waals surface area contributed by atoms with Crippen molar-refractivity contribution in [3.05, 3.63) is 64.9 Å². The molecule has 1 fully saturated rings. The quantitative estimate of drug-likeness (QED) is 0.874. The molecular weight excluding hydrogens is 298 g/mol. The smallest absolute Gasteiger partial charge is 0.255 e. The molecule has 2 heterocycles. The molecule has 2 aromatic rings. The number of pyridine rings is 1. The molecule has 22 heavy (non-hydrogen) atoms. The number of hydrogen-bond acceptors (Lipinski definition) is 3. The van der Waals surface area contributed by atoms with Crippen molar-refractivity contribution in [2.45, 2.75) is 6.54 Å². The average molecular weight is 316 g/mol. The van der Waals surface area contributed by atoms with E-state index in [0.717, 1.165) is 37.7 Å². The number of nitrogens with zero attached hydrogens (tertiary/aromatic N) is 3. The highest BCUT2D eigenvalue weighted by molar-refractivity contribution is 6.30. The second-order valence-electron chi connectivity index (χ2n) is 5.44. The number of benzene rings is 1. The van der Waals surface area contributed by atoms with Gasteiger partial charge in [0.25, 0.3) is 5.91 Å². The Bertz CT molecular complexity index is 639. The number of piperazine rings is 1. The van der Waals surface area contributed by atoms with Crippen molar-refractivity contribution in [2.24, 2.45) is 0 Å². The molecule has 3 rings (SSSR count). The molecule has 0 N–H and O–H groups in total. The van der Waals surface area contributed by atoms with Crippen LogP contribution in [0.15, 0.2) is 48.8 Å². The zero-order valence-electron chi connectivity index (χ0n) is 12.3. The number of aromatic nitrogens is 1. The monoisotopic (exact) mass is 315 g/mol. The van der Waals surface area contributed by atoms with E-state index in [4.69, 9.17) is 11.6 Å². The molecule has 1 saturated heterocycles. The van der Waals surface area contributed by atoms with Gasteiger partial charge >= 0.3 is 0 Å². The molecular formula is C17H18ClN3O. The first-order valence-electron chi connectivity index (χ1n) is 7.38. The van der Waals surface area contributed by atoms with Gasteiger partial charge in [0.15, 0.2) is 0 Å². The molecule has 0 bridgehead atoms. The Morgan fingerprint density at radius 1 is 1.14 bits per heavy atom. The van der Waals surface area contributed by atoms with E-state index in [9.17, 15) is 4.79 Å². The van der Waals surface area contributed by atoms with Crippen molar-refractivity contribution < 1.29 is 4.79 Å². The third-order valence-electron chi connectivity index (χ3n) is 3.86. The minimum Gasteiger partial charge on any atom is -0.336 e. The summed E-state index contributed by atoms with van der Waals surface area (Å²) in [4.78, 5) is 20.6. The second-order valence-corrected chi connectivity index (χ2v) is 5.88. The van der Waals surface area contributed by atoms with Gasteiger partial charge in [-0.15, -0.1) is 0 Å². The lowest BCUT2D eigenvalue weighted by atomic mass is 10.2. The number of amides is 1. The molecule has 1 aromatic carbocycles. The molecule has 0 spiro atoms. The maximum atomic E-state index is 12.4. The summed E-state index contributed by atoms with van der Waals surface area (Å²) in [5, 5.41) is 0.767. The molecule has 0 atom stereocenters. The van der Waals surface area contributed by atoms with E-state index >= 15 is 0 Å². The van der Waals surface area contributed by atoms with Crippen LogP contribution >= 0.6 is 11.6 Å². The Labute approximate surface area is 135 Å². The Kier molecular flexibility index (Phi) is 4.71. The molecule has 4 nitrogen and oxygen atoms in total. The van der Waals surface area contributed by atoms with Gasteiger partial charge in [0, 0.05) is 50.1 Å². The van der Waals surface area contributed by atoms with E-state index in [1.165, 1.54) is 5.56 Å². The molecule has 5 heteroatoms. The highest BCUT2D eigenvalue weighted by atomic mass is 35.5. The van der Waals surface area contributed by atoms with Crippen LogP contribution in [0.3, 0.4) is 0 Å². The van der Waals surface area contributed by atoms with E-state index in [-0.39, 0.29) is 5.91 Å². The summed E-state index contributed by atoms with van der Waals surface area (Å²) in [5.41, 5.74) is 1.87. The van der Waals surface area contributed by atoms with Crippen LogP contribution in [0.2, 0.25) is 5.02 Å². The van der Waals surface area contributed by atoms with E-state index in [1.807, 2.05) is 29.2 Å². The highest BCUT2D eigenvalue weighted by Crippen LogP contribution is 2.14. The molecule has 0 saturated carbocycles. The summed E-state index contributed by atoms with van der Waals surface area (Å²) >= 11 is 6.02. The molecule has 114 valence electrons. The van der Waals surface area contributed by atoms with Crippen molar-refractivity contribution in [1.82, 2.24) is 14.8 Å². The fraction of sp³-hybridized carbons (Fsp3) is 0.294. The van der Waals surface area contributed by atoms with Gasteiger partial charge in [-0.1, -0.05) is 23.7 Å². The van der Waals surface area contributed by atoms with E-state index in [1.54, 1.807) is 18.5 Å². The topological polar surface area (TPSA) is 36.4 Å². The lowest BCUT2D eigenvalue weighted by molar-refractivity contribution is 0.0628. The van der Waals surface area contributed by atoms with Crippen molar-refractivity contribution in [3.63, 3.8) is 0 Å². The van der Waals surface area contributed by atoms with Crippen LogP contribution in [-0.2, 0) is 6.54 Å². The Morgan fingerprint density at radius 3 is 2.64 bits per heavy atom. The first kappa shape index (κ1) is 15.0. The van der Waals surface area contributed by atoms with E-state index in [2.05, 4.69) is 16.0 Å². The molecule has 1 amide bonds. The lowest BCUT2D eigenvalue weighted by Gasteiger charge is -2.34. The lowest BCUT2D eigenvalue weighted by Crippen LogP contribution is -2.48. The van der Waals surface area contributed by atoms with Crippen LogP contribution in [0.25, 0.3) is 0 Å². The van der Waals surface area contributed by atoms with Crippen LogP contribution in [0.1, 0.15) is 15.9 Å². The molecule has 0 aliphatic carbocycles. The van der Waals surface area contributed by atoms with Crippen LogP contribution in [0.5, 0.6) is 0 Å². The van der Waals surface area contributed by atoms with Gasteiger partial charge in [-0.3, -0.25) is 14.7 Å². The predicted octanol–water partition coefficient (Wildman–Crippen LogP) is 2.69. The average Bonchev–Trinajstić information content (AvgIpc) is 2.56. The van der Waals surface area contributed by atoms with Crippen LogP contribution in [-0.4, -0.2) is 46.9 Å². The second kappa shape index (κ2) is 6.90. The molecule has 1 aromatic heterocycles. The maximum Gasteiger partial charge on any atom is 0.255 e. The van der Waals surface area contributed by atoms with Gasteiger partial charge in [0.1, 0.15) is 0 Å². The third kappa shape index (κ3) is 3.64. The summed E-state index contributed by atoms with van der Waals surface area (Å²) in [6, 6.07) is 11.5. The molecule has 1 aliphatic heterocycles. The molecule has 1 aliphatic rings. The van der Waals surface area contributed by atoms with E-state index in [0.29, 0.717) is 5.56 Å². The maximum absolute atomic E-state index is 12.4. The fourth-order valence-corrected chi connectivity index (χ4v) is 2.89. The van der Waals surface area contributed by atoms with Gasteiger partial charge in [0.2, 0.25) is 0 Å². The minimum absolute atomic E-state index is 0.0653. The van der Waals surface area contributed by atoms with Crippen LogP contribution < -0.4 is 0 Å². The first-order valence-corrected chi connectivity index (χ1v) is 7.76. The van der Waals surface area contributed by atoms with Crippen LogP contribution in [0, 0.1) is 0 Å². The SMILES string of the molecule is O=C(c1cccnc1)N1CCN(Cc2cccc(Cl)c2)CC1. The summed E-state index contributed by atoms with van der Waals surface area (Å²) in [5.74, 6) is 0.0653. The van der Waals surface area contributed by atoms with E-state index < -0.39 is 0 Å². The minimum atomic E-state index is 0.0653. The summed E-state index contributed by atoms with van der Waals surface area (Å²) in [7, 11) is 0. The van der Waals surface area contributed by atoms with Gasteiger partial charge in [-0.2, -0.15) is 0 Å². The number of halogens is 1. The largest absolute Gasteiger partial charge is 0.336 e. The Balaban J connectivity index is 1.55. The number of rotatable bonds is 3. The first-order chi connectivity index (χ1) is 10.7. The predicted molar refractivity (Wildman–Crippen MR) is 86.9 cm³/mol. The van der Waals surface area contributed by atoms with Gasteiger partial charge in [0.05, 0.1) is 5.56 Å². The zero-order valence-corrected chi connectivity index (χ0v) is 13.0. The Morgan fingerprint density at radius 2 is 1.95 bits per heavy atom. The van der Waals surface area contributed by atoms with Gasteiger partial charge in [-0.05, 0) is 29.8 Å². The van der Waals surface area contributed by atoms with Crippen molar-refractivity contribution in [3.8, 4) is 0 Å². The van der Waals surface area contributed by atoms with Crippen molar-refractivity contribution >= 4 is 17.5 Å². The van der Waals surface area contributed by atoms with Gasteiger partial charge < -0.3 is 4.90 Å². The fourth-order valence-electron chi connectivity index (χ4n) is 2.67. The Hall–Kier alpha value is -1.91. The third-order valence-corrected chi connectivity index (χ3v) is 4.10. The van der Waals surface area contributed by atoms with Gasteiger partial charge in [-0.25, -0.2) is 0 Å². The summed E-state index contributed by atoms with van der Waals surface area (Å²) < 4.78 is 0. The number of hydrogen-bond donors (Lipinski definition) is 0. The van der Waals surface area contributed by atoms with Crippen LogP contribution in [0.4, 0.5) is 0 Å². The zero-order chi connectivity index (χ0) is 15.4. The highest BCUT2D eigenvalue weighted by Gasteiger charge is 2.22. The number of carbonyl (C=O) groups excluding carboxylic acids is 1. The van der Waals surface area contributed by atoms with Crippen molar-refractivity contribution in [1.29, 1.82) is 0 Å². The number of carbonyl (C=O) groups is 1. The summed E-state index contributed by atoms with van der Waals surface area (Å²) in [6.07, 6.45) is 3.31. The standard InChI is InChI=1S/C17H18ClN3O/c18-16-5-1-3-14(11-16)13-20-7-9-21(10-8-20)17(22)15-4-2-6-19-12-15/h1-6,11-12H,7-10,13H2. The molecule has 0 unspecified atom stereocenters.